The first-order chi connectivity index (χ1) is 12.6. The topological polar surface area (TPSA) is 51.0 Å². The first kappa shape index (κ1) is 18.1. The highest BCUT2D eigenvalue weighted by atomic mass is 16.2. The summed E-state index contributed by atoms with van der Waals surface area (Å²) in [4.78, 5) is 23.9. The van der Waals surface area contributed by atoms with Gasteiger partial charge in [-0.2, -0.15) is 0 Å². The molecule has 0 unspecified atom stereocenters. The minimum absolute atomic E-state index is 0.0986. The van der Waals surface area contributed by atoms with Crippen molar-refractivity contribution in [3.8, 4) is 0 Å². The van der Waals surface area contributed by atoms with Crippen molar-refractivity contribution in [1.29, 1.82) is 0 Å². The van der Waals surface area contributed by atoms with Gasteiger partial charge >= 0.3 is 0 Å². The number of rotatable bonds is 7. The molecule has 1 amide bonds. The summed E-state index contributed by atoms with van der Waals surface area (Å²) >= 11 is 0. The molecule has 1 atom stereocenters. The maximum atomic E-state index is 13.0. The first-order valence-electron chi connectivity index (χ1n) is 9.22. The van der Waals surface area contributed by atoms with Gasteiger partial charge in [0.15, 0.2) is 0 Å². The molecule has 0 radical (unpaired) electrons. The van der Waals surface area contributed by atoms with Gasteiger partial charge in [0, 0.05) is 38.3 Å². The quantitative estimate of drug-likeness (QED) is 0.653. The molecule has 3 aromatic rings. The first-order valence-corrected chi connectivity index (χ1v) is 9.22. The van der Waals surface area contributed by atoms with Crippen molar-refractivity contribution in [3.63, 3.8) is 0 Å². The van der Waals surface area contributed by atoms with Crippen LogP contribution < -0.4 is 0 Å². The molecule has 0 spiro atoms. The fourth-order valence-electron chi connectivity index (χ4n) is 3.29. The molecule has 0 fully saturated rings. The van der Waals surface area contributed by atoms with Crippen LogP contribution >= 0.6 is 0 Å². The number of imidazole rings is 1. The molecule has 0 saturated heterocycles. The van der Waals surface area contributed by atoms with Gasteiger partial charge in [0.2, 0.25) is 5.91 Å². The van der Waals surface area contributed by atoms with Crippen LogP contribution in [-0.4, -0.2) is 38.9 Å². The lowest BCUT2D eigenvalue weighted by Crippen LogP contribution is -2.35. The second-order valence-corrected chi connectivity index (χ2v) is 6.64. The molecule has 26 heavy (non-hydrogen) atoms. The third kappa shape index (κ3) is 3.77. The van der Waals surface area contributed by atoms with E-state index in [1.807, 2.05) is 56.4 Å². The van der Waals surface area contributed by atoms with Crippen LogP contribution in [0.15, 0.2) is 48.7 Å². The van der Waals surface area contributed by atoms with Crippen LogP contribution in [0, 0.1) is 0 Å². The van der Waals surface area contributed by atoms with E-state index >= 15 is 0 Å². The lowest BCUT2D eigenvalue weighted by Gasteiger charge is -2.24. The summed E-state index contributed by atoms with van der Waals surface area (Å²) < 4.78 is 2.10. The number of pyridine rings is 1. The Kier molecular flexibility index (Phi) is 5.66. The monoisotopic (exact) mass is 350 g/mol. The molecule has 1 aromatic carbocycles. The zero-order valence-corrected chi connectivity index (χ0v) is 15.7. The van der Waals surface area contributed by atoms with E-state index in [1.54, 1.807) is 11.1 Å². The standard InChI is InChI=1S/C21H26N4O/c1-4-9-20-23-18-11-5-6-12-19(18)25(20)16(2)21(26)24(3)15-13-17-10-7-8-14-22-17/h5-8,10-12,14,16H,4,9,13,15H2,1-3H3/t16-/m0/s1. The minimum Gasteiger partial charge on any atom is -0.344 e. The highest BCUT2D eigenvalue weighted by molar-refractivity contribution is 5.84. The van der Waals surface area contributed by atoms with Crippen LogP contribution in [-0.2, 0) is 17.6 Å². The van der Waals surface area contributed by atoms with Gasteiger partial charge in [0.05, 0.1) is 11.0 Å². The Labute approximate surface area is 154 Å². The van der Waals surface area contributed by atoms with Crippen LogP contribution in [0.4, 0.5) is 0 Å². The molecule has 2 heterocycles. The average molecular weight is 350 g/mol. The Morgan fingerprint density at radius 3 is 2.65 bits per heavy atom. The summed E-state index contributed by atoms with van der Waals surface area (Å²) in [6, 6.07) is 13.6. The Balaban J connectivity index is 1.79. The van der Waals surface area contributed by atoms with Crippen LogP contribution in [0.3, 0.4) is 0 Å². The number of aromatic nitrogens is 3. The fourth-order valence-corrected chi connectivity index (χ4v) is 3.29. The fraction of sp³-hybridized carbons (Fsp3) is 0.381. The number of hydrogen-bond donors (Lipinski definition) is 0. The number of amides is 1. The molecular formula is C21H26N4O. The largest absolute Gasteiger partial charge is 0.344 e. The number of nitrogens with zero attached hydrogens (tertiary/aromatic N) is 4. The van der Waals surface area contributed by atoms with Gasteiger partial charge in [-0.1, -0.05) is 25.1 Å². The summed E-state index contributed by atoms with van der Waals surface area (Å²) in [6.07, 6.45) is 4.40. The van der Waals surface area contributed by atoms with Crippen molar-refractivity contribution >= 4 is 16.9 Å². The molecule has 0 bridgehead atoms. The number of likely N-dealkylation sites (N-methyl/N-ethyl adjacent to an activating group) is 1. The van der Waals surface area contributed by atoms with Gasteiger partial charge in [0.1, 0.15) is 11.9 Å². The lowest BCUT2D eigenvalue weighted by molar-refractivity contribution is -0.132. The third-order valence-electron chi connectivity index (χ3n) is 4.69. The summed E-state index contributed by atoms with van der Waals surface area (Å²) in [5.74, 6) is 1.08. The van der Waals surface area contributed by atoms with Crippen LogP contribution in [0.5, 0.6) is 0 Å². The molecule has 2 aromatic heterocycles. The van der Waals surface area contributed by atoms with E-state index in [0.717, 1.165) is 41.8 Å². The van der Waals surface area contributed by atoms with E-state index < -0.39 is 0 Å². The van der Waals surface area contributed by atoms with E-state index in [9.17, 15) is 4.79 Å². The summed E-state index contributed by atoms with van der Waals surface area (Å²) in [5.41, 5.74) is 2.97. The third-order valence-corrected chi connectivity index (χ3v) is 4.69. The normalized spacial score (nSPS) is 12.3. The van der Waals surface area contributed by atoms with Gasteiger partial charge < -0.3 is 9.47 Å². The van der Waals surface area contributed by atoms with Gasteiger partial charge in [-0.05, 0) is 37.6 Å². The van der Waals surface area contributed by atoms with Crippen molar-refractivity contribution in [1.82, 2.24) is 19.4 Å². The molecule has 5 heteroatoms. The number of benzene rings is 1. The van der Waals surface area contributed by atoms with E-state index in [1.165, 1.54) is 0 Å². The second-order valence-electron chi connectivity index (χ2n) is 6.64. The van der Waals surface area contributed by atoms with Crippen molar-refractivity contribution in [3.05, 3.63) is 60.2 Å². The average Bonchev–Trinajstić information content (AvgIpc) is 3.04. The van der Waals surface area contributed by atoms with E-state index in [0.29, 0.717) is 6.54 Å². The number of aryl methyl sites for hydroxylation is 1. The molecule has 3 rings (SSSR count). The predicted molar refractivity (Wildman–Crippen MR) is 104 cm³/mol. The predicted octanol–water partition coefficient (Wildman–Crippen LogP) is 3.65. The zero-order chi connectivity index (χ0) is 18.5. The number of carbonyl (C=O) groups is 1. The molecular weight excluding hydrogens is 324 g/mol. The highest BCUT2D eigenvalue weighted by Gasteiger charge is 2.23. The SMILES string of the molecule is CCCc1nc2ccccc2n1[C@@H](C)C(=O)N(C)CCc1ccccn1. The Bertz CT molecular complexity index is 872. The van der Waals surface area contributed by atoms with Gasteiger partial charge in [-0.25, -0.2) is 4.98 Å². The number of hydrogen-bond acceptors (Lipinski definition) is 3. The lowest BCUT2D eigenvalue weighted by atomic mass is 10.2. The van der Waals surface area contributed by atoms with Gasteiger partial charge in [-0.15, -0.1) is 0 Å². The van der Waals surface area contributed by atoms with Crippen LogP contribution in [0.1, 0.15) is 37.8 Å². The van der Waals surface area contributed by atoms with E-state index in [2.05, 4.69) is 16.5 Å². The van der Waals surface area contributed by atoms with Crippen molar-refractivity contribution in [2.45, 2.75) is 39.2 Å². The van der Waals surface area contributed by atoms with Crippen LogP contribution in [0.2, 0.25) is 0 Å². The van der Waals surface area contributed by atoms with Crippen molar-refractivity contribution < 1.29 is 4.79 Å². The Hall–Kier alpha value is -2.69. The number of fused-ring (bicyclic) bond motifs is 1. The van der Waals surface area contributed by atoms with Gasteiger partial charge in [0.25, 0.3) is 0 Å². The molecule has 0 aliphatic heterocycles. The second kappa shape index (κ2) is 8.13. The van der Waals surface area contributed by atoms with E-state index in [-0.39, 0.29) is 11.9 Å². The molecule has 0 saturated carbocycles. The molecule has 5 nitrogen and oxygen atoms in total. The molecule has 136 valence electrons. The smallest absolute Gasteiger partial charge is 0.245 e. The molecule has 0 aliphatic carbocycles. The van der Waals surface area contributed by atoms with Crippen molar-refractivity contribution in [2.75, 3.05) is 13.6 Å². The van der Waals surface area contributed by atoms with Gasteiger partial charge in [-0.3, -0.25) is 9.78 Å². The Morgan fingerprint density at radius 1 is 1.15 bits per heavy atom. The minimum atomic E-state index is -0.280. The summed E-state index contributed by atoms with van der Waals surface area (Å²) in [6.45, 7) is 4.75. The van der Waals surface area contributed by atoms with Crippen molar-refractivity contribution in [2.24, 2.45) is 0 Å². The number of para-hydroxylation sites is 2. The molecule has 0 aliphatic rings. The molecule has 0 N–H and O–H groups in total. The summed E-state index contributed by atoms with van der Waals surface area (Å²) in [7, 11) is 1.86. The summed E-state index contributed by atoms with van der Waals surface area (Å²) in [5, 5.41) is 0. The number of carbonyl (C=O) groups excluding carboxylic acids is 1. The van der Waals surface area contributed by atoms with E-state index in [4.69, 9.17) is 4.98 Å². The zero-order valence-electron chi connectivity index (χ0n) is 15.7. The van der Waals surface area contributed by atoms with Crippen LogP contribution in [0.25, 0.3) is 11.0 Å². The maximum absolute atomic E-state index is 13.0. The Morgan fingerprint density at radius 2 is 1.92 bits per heavy atom. The highest BCUT2D eigenvalue weighted by Crippen LogP contribution is 2.23. The maximum Gasteiger partial charge on any atom is 0.245 e.